The molecule has 398 valence electrons. The predicted octanol–water partition coefficient (Wildman–Crippen LogP) is 13.4. The van der Waals surface area contributed by atoms with Crippen LogP contribution in [-0.2, 0) is 42.9 Å². The van der Waals surface area contributed by atoms with Crippen molar-refractivity contribution >= 4 is 23.9 Å². The fourth-order valence-corrected chi connectivity index (χ4v) is 8.18. The molecule has 12 nitrogen and oxygen atoms in total. The molecule has 0 aliphatic carbocycles. The van der Waals surface area contributed by atoms with Gasteiger partial charge < -0.3 is 39.0 Å². The maximum Gasteiger partial charge on any atom is 0.335 e. The molecule has 0 radical (unpaired) electrons. The van der Waals surface area contributed by atoms with Crippen molar-refractivity contribution in [2.75, 3.05) is 13.2 Å². The van der Waals surface area contributed by atoms with Gasteiger partial charge in [-0.3, -0.25) is 14.4 Å². The predicted molar refractivity (Wildman–Crippen MR) is 276 cm³/mol. The summed E-state index contributed by atoms with van der Waals surface area (Å²) in [7, 11) is 0. The number of hydrogen-bond acceptors (Lipinski definition) is 11. The van der Waals surface area contributed by atoms with Gasteiger partial charge in [-0.2, -0.15) is 0 Å². The van der Waals surface area contributed by atoms with Gasteiger partial charge in [0.05, 0.1) is 6.61 Å². The molecule has 12 heteroatoms. The van der Waals surface area contributed by atoms with E-state index in [0.717, 1.165) is 70.6 Å². The number of ether oxygens (including phenoxy) is 5. The summed E-state index contributed by atoms with van der Waals surface area (Å²) in [6.07, 6.45) is 41.0. The summed E-state index contributed by atoms with van der Waals surface area (Å²) in [5.41, 5.74) is 0. The number of unbranched alkanes of at least 4 members (excludes halogenated alkanes) is 24. The second kappa shape index (κ2) is 45.8. The van der Waals surface area contributed by atoms with E-state index in [0.29, 0.717) is 25.7 Å². The van der Waals surface area contributed by atoms with Gasteiger partial charge in [-0.15, -0.1) is 0 Å². The van der Waals surface area contributed by atoms with Crippen molar-refractivity contribution in [3.05, 3.63) is 48.6 Å². The zero-order valence-electron chi connectivity index (χ0n) is 43.6. The SMILES string of the molecule is CC/C=C\C/C=C\C/C=C\C/C=C\CCCCC(=O)OC1C(OCC(COC(=O)CCCCCCCCCCCCCCC)OC(=O)CCCCCCCCCCCCC)OC(C(=O)O)C(O)C1O. The number of hydrogen-bond donors (Lipinski definition) is 3. The van der Waals surface area contributed by atoms with Crippen LogP contribution in [0.3, 0.4) is 0 Å². The highest BCUT2D eigenvalue weighted by atomic mass is 16.7. The first-order chi connectivity index (χ1) is 33.6. The first-order valence-electron chi connectivity index (χ1n) is 27.6. The van der Waals surface area contributed by atoms with E-state index >= 15 is 0 Å². The van der Waals surface area contributed by atoms with Gasteiger partial charge in [0.1, 0.15) is 18.8 Å². The molecule has 0 amide bonds. The lowest BCUT2D eigenvalue weighted by Crippen LogP contribution is -2.61. The third-order valence-electron chi connectivity index (χ3n) is 12.4. The van der Waals surface area contributed by atoms with Crippen LogP contribution < -0.4 is 0 Å². The molecule has 0 aromatic heterocycles. The minimum absolute atomic E-state index is 0.0103. The van der Waals surface area contributed by atoms with Crippen LogP contribution in [0.1, 0.15) is 239 Å². The van der Waals surface area contributed by atoms with Crippen molar-refractivity contribution in [1.29, 1.82) is 0 Å². The Morgan fingerprint density at radius 3 is 1.39 bits per heavy atom. The lowest BCUT2D eigenvalue weighted by molar-refractivity contribution is -0.301. The van der Waals surface area contributed by atoms with Gasteiger partial charge in [0.25, 0.3) is 0 Å². The quantitative estimate of drug-likeness (QED) is 0.0228. The molecule has 0 spiro atoms. The zero-order valence-corrected chi connectivity index (χ0v) is 43.6. The Hall–Kier alpha value is -3.32. The molecule has 1 heterocycles. The van der Waals surface area contributed by atoms with E-state index in [4.69, 9.17) is 23.7 Å². The van der Waals surface area contributed by atoms with E-state index in [1.807, 2.05) is 0 Å². The van der Waals surface area contributed by atoms with Gasteiger partial charge in [0, 0.05) is 19.3 Å². The van der Waals surface area contributed by atoms with Crippen LogP contribution in [0, 0.1) is 0 Å². The van der Waals surface area contributed by atoms with Gasteiger partial charge >= 0.3 is 23.9 Å². The van der Waals surface area contributed by atoms with Crippen molar-refractivity contribution < 1.29 is 58.2 Å². The lowest BCUT2D eigenvalue weighted by atomic mass is 9.98. The second-order valence-electron chi connectivity index (χ2n) is 18.9. The fraction of sp³-hybridized carbons (Fsp3) is 0.789. The highest BCUT2D eigenvalue weighted by molar-refractivity contribution is 5.74. The minimum Gasteiger partial charge on any atom is -0.479 e. The van der Waals surface area contributed by atoms with E-state index in [2.05, 4.69) is 69.4 Å². The Labute approximate surface area is 418 Å². The number of aliphatic carboxylic acids is 1. The highest BCUT2D eigenvalue weighted by Gasteiger charge is 2.50. The largest absolute Gasteiger partial charge is 0.479 e. The van der Waals surface area contributed by atoms with Crippen LogP contribution in [0.4, 0.5) is 0 Å². The van der Waals surface area contributed by atoms with Gasteiger partial charge in [0.2, 0.25) is 0 Å². The van der Waals surface area contributed by atoms with Crippen molar-refractivity contribution in [3.63, 3.8) is 0 Å². The summed E-state index contributed by atoms with van der Waals surface area (Å²) in [4.78, 5) is 50.9. The van der Waals surface area contributed by atoms with E-state index in [1.165, 1.54) is 103 Å². The molecule has 0 aromatic carbocycles. The standard InChI is InChI=1S/C57H98O12/c1-4-7-10-13-16-19-22-24-25-27-30-33-36-39-42-45-51(60)68-55-53(62)52(61)54(56(63)64)69-57(55)66-47-48(67-50(59)44-41-38-35-32-28-21-18-15-12-9-6-3)46-65-49(58)43-40-37-34-31-29-26-23-20-17-14-11-8-5-2/h7,10,16,19,24-25,30,33,48,52-55,57,61-62H,4-6,8-9,11-15,17-18,20-23,26-29,31-32,34-47H2,1-3H3,(H,63,64)/b10-7-,19-16-,25-24-,33-30-. The van der Waals surface area contributed by atoms with Crippen LogP contribution in [0.15, 0.2) is 48.6 Å². The molecule has 6 atom stereocenters. The Morgan fingerprint density at radius 2 is 0.913 bits per heavy atom. The summed E-state index contributed by atoms with van der Waals surface area (Å²) in [5.74, 6) is -3.16. The van der Waals surface area contributed by atoms with Crippen LogP contribution in [0.5, 0.6) is 0 Å². The van der Waals surface area contributed by atoms with E-state index in [1.54, 1.807) is 0 Å². The lowest BCUT2D eigenvalue weighted by Gasteiger charge is -2.40. The number of carboxylic acid groups (broad SMARTS) is 1. The molecule has 69 heavy (non-hydrogen) atoms. The van der Waals surface area contributed by atoms with Crippen LogP contribution in [0.25, 0.3) is 0 Å². The van der Waals surface area contributed by atoms with E-state index in [-0.39, 0.29) is 25.9 Å². The average molecular weight is 975 g/mol. The first-order valence-corrected chi connectivity index (χ1v) is 27.6. The molecule has 1 aliphatic rings. The number of aliphatic hydroxyl groups is 2. The summed E-state index contributed by atoms with van der Waals surface area (Å²) in [5, 5.41) is 31.4. The molecule has 1 aliphatic heterocycles. The number of carbonyl (C=O) groups excluding carboxylic acids is 3. The topological polar surface area (TPSA) is 175 Å². The number of aliphatic hydroxyl groups excluding tert-OH is 2. The van der Waals surface area contributed by atoms with Gasteiger partial charge in [-0.25, -0.2) is 4.79 Å². The molecule has 6 unspecified atom stereocenters. The third kappa shape index (κ3) is 36.3. The normalized spacial score (nSPS) is 19.0. The maximum absolute atomic E-state index is 13.1. The first kappa shape index (κ1) is 63.7. The van der Waals surface area contributed by atoms with Gasteiger partial charge in [-0.05, 0) is 57.8 Å². The molecular formula is C57H98O12. The van der Waals surface area contributed by atoms with Crippen LogP contribution in [0.2, 0.25) is 0 Å². The van der Waals surface area contributed by atoms with E-state index < -0.39 is 67.3 Å². The number of carbonyl (C=O) groups is 4. The molecule has 1 rings (SSSR count). The molecular weight excluding hydrogens is 877 g/mol. The Bertz CT molecular complexity index is 1390. The maximum atomic E-state index is 13.1. The van der Waals surface area contributed by atoms with Gasteiger partial charge in [0.15, 0.2) is 24.6 Å². The summed E-state index contributed by atoms with van der Waals surface area (Å²) in [6.45, 7) is 5.84. The zero-order chi connectivity index (χ0) is 50.4. The highest BCUT2D eigenvalue weighted by Crippen LogP contribution is 2.26. The molecule has 0 saturated carbocycles. The Kier molecular flexibility index (Phi) is 42.3. The molecule has 3 N–H and O–H groups in total. The smallest absolute Gasteiger partial charge is 0.335 e. The average Bonchev–Trinajstić information content (AvgIpc) is 3.33. The fourth-order valence-electron chi connectivity index (χ4n) is 8.18. The van der Waals surface area contributed by atoms with Gasteiger partial charge in [-0.1, -0.05) is 211 Å². The summed E-state index contributed by atoms with van der Waals surface area (Å²) < 4.78 is 28.3. The number of allylic oxidation sites excluding steroid dienone is 8. The Morgan fingerprint density at radius 1 is 0.493 bits per heavy atom. The number of esters is 3. The molecule has 0 bridgehead atoms. The minimum atomic E-state index is -1.91. The van der Waals surface area contributed by atoms with Crippen molar-refractivity contribution in [3.8, 4) is 0 Å². The van der Waals surface area contributed by atoms with Crippen molar-refractivity contribution in [1.82, 2.24) is 0 Å². The molecule has 1 fully saturated rings. The second-order valence-corrected chi connectivity index (χ2v) is 18.9. The number of carboxylic acids is 1. The summed E-state index contributed by atoms with van der Waals surface area (Å²) in [6, 6.07) is 0. The molecule has 0 aromatic rings. The molecule has 1 saturated heterocycles. The summed E-state index contributed by atoms with van der Waals surface area (Å²) >= 11 is 0. The Balaban J connectivity index is 2.73. The van der Waals surface area contributed by atoms with Crippen molar-refractivity contribution in [2.45, 2.75) is 276 Å². The van der Waals surface area contributed by atoms with Crippen molar-refractivity contribution in [2.24, 2.45) is 0 Å². The van der Waals surface area contributed by atoms with Crippen LogP contribution in [-0.4, -0.2) is 89.2 Å². The van der Waals surface area contributed by atoms with Crippen LogP contribution >= 0.6 is 0 Å². The third-order valence-corrected chi connectivity index (χ3v) is 12.4. The number of rotatable bonds is 46. The van der Waals surface area contributed by atoms with E-state index in [9.17, 15) is 34.5 Å². The monoisotopic (exact) mass is 975 g/mol.